The minimum absolute atomic E-state index is 0.0786. The van der Waals surface area contributed by atoms with Crippen molar-refractivity contribution in [1.29, 1.82) is 0 Å². The number of benzene rings is 2. The van der Waals surface area contributed by atoms with Crippen molar-refractivity contribution in [2.75, 3.05) is 13.7 Å². The molecule has 2 rings (SSSR count). The molecule has 132 valence electrons. The zero-order chi connectivity index (χ0) is 18.2. The van der Waals surface area contributed by atoms with Gasteiger partial charge in [-0.15, -0.1) is 10.1 Å². The van der Waals surface area contributed by atoms with Crippen LogP contribution in [0, 0.1) is 10.1 Å². The van der Waals surface area contributed by atoms with Crippen LogP contribution in [0.1, 0.15) is 24.8 Å². The Bertz CT molecular complexity index is 786. The summed E-state index contributed by atoms with van der Waals surface area (Å²) in [4.78, 5) is 26.2. The summed E-state index contributed by atoms with van der Waals surface area (Å²) in [6.45, 7) is 1.68. The smallest absolute Gasteiger partial charge is 0.317 e. The van der Waals surface area contributed by atoms with E-state index in [0.717, 1.165) is 22.1 Å². The summed E-state index contributed by atoms with van der Waals surface area (Å²) < 4.78 is 10.2. The van der Waals surface area contributed by atoms with Gasteiger partial charge in [0.2, 0.25) is 0 Å². The molecule has 0 unspecified atom stereocenters. The van der Waals surface area contributed by atoms with Crippen molar-refractivity contribution in [1.82, 2.24) is 0 Å². The fourth-order valence-electron chi connectivity index (χ4n) is 2.26. The zero-order valence-electron chi connectivity index (χ0n) is 14.0. The maximum Gasteiger partial charge on any atom is 0.317 e. The van der Waals surface area contributed by atoms with E-state index in [9.17, 15) is 14.9 Å². The molecule has 2 aromatic carbocycles. The van der Waals surface area contributed by atoms with Gasteiger partial charge < -0.3 is 14.3 Å². The van der Waals surface area contributed by atoms with E-state index in [0.29, 0.717) is 0 Å². The molecule has 25 heavy (non-hydrogen) atoms. The Morgan fingerprint density at radius 1 is 1.24 bits per heavy atom. The predicted octanol–water partition coefficient (Wildman–Crippen LogP) is 3.61. The van der Waals surface area contributed by atoms with E-state index in [1.54, 1.807) is 14.0 Å². The molecule has 0 N–H and O–H groups in total. The van der Waals surface area contributed by atoms with Crippen LogP contribution in [0.3, 0.4) is 0 Å². The van der Waals surface area contributed by atoms with Crippen LogP contribution >= 0.6 is 0 Å². The van der Waals surface area contributed by atoms with Gasteiger partial charge in [0.15, 0.2) is 0 Å². The molecule has 0 aliphatic rings. The van der Waals surface area contributed by atoms with Gasteiger partial charge in [-0.3, -0.25) is 4.79 Å². The first-order chi connectivity index (χ1) is 12.0. The molecule has 7 nitrogen and oxygen atoms in total. The number of ether oxygens (including phenoxy) is 2. The van der Waals surface area contributed by atoms with Crippen LogP contribution in [-0.4, -0.2) is 24.8 Å². The molecule has 0 saturated carbocycles. The first-order valence-corrected chi connectivity index (χ1v) is 7.72. The Balaban J connectivity index is 1.95. The highest BCUT2D eigenvalue weighted by molar-refractivity contribution is 5.86. The number of carbonyl (C=O) groups excluding carboxylic acids is 1. The summed E-state index contributed by atoms with van der Waals surface area (Å²) in [6, 6.07) is 11.5. The van der Waals surface area contributed by atoms with Gasteiger partial charge in [0.05, 0.1) is 19.3 Å². The molecular formula is C18H19NO6. The van der Waals surface area contributed by atoms with Gasteiger partial charge in [0.1, 0.15) is 12.4 Å². The number of nitrogens with zero attached hydrogens (tertiary/aromatic N) is 1. The summed E-state index contributed by atoms with van der Waals surface area (Å²) in [7, 11) is 1.62. The van der Waals surface area contributed by atoms with E-state index in [-0.39, 0.29) is 13.0 Å². The average molecular weight is 345 g/mol. The quantitative estimate of drug-likeness (QED) is 0.239. The number of methoxy groups -OCH3 is 1. The van der Waals surface area contributed by atoms with Gasteiger partial charge in [-0.05, 0) is 47.9 Å². The van der Waals surface area contributed by atoms with Gasteiger partial charge in [0.25, 0.3) is 5.09 Å². The maximum atomic E-state index is 12.1. The Morgan fingerprint density at radius 2 is 1.96 bits per heavy atom. The molecule has 7 heteroatoms. The normalized spacial score (nSPS) is 12.1. The molecule has 1 atom stereocenters. The first-order valence-electron chi connectivity index (χ1n) is 7.72. The van der Waals surface area contributed by atoms with Gasteiger partial charge in [-0.2, -0.15) is 0 Å². The van der Waals surface area contributed by atoms with Crippen LogP contribution in [0.2, 0.25) is 0 Å². The fourth-order valence-corrected chi connectivity index (χ4v) is 2.26. The summed E-state index contributed by atoms with van der Waals surface area (Å²) in [5.74, 6) is -0.0654. The Morgan fingerprint density at radius 3 is 2.68 bits per heavy atom. The molecule has 0 heterocycles. The summed E-state index contributed by atoms with van der Waals surface area (Å²) in [6.07, 6.45) is 3.01. The third kappa shape index (κ3) is 5.20. The monoisotopic (exact) mass is 345 g/mol. The molecule has 0 saturated heterocycles. The van der Waals surface area contributed by atoms with Crippen molar-refractivity contribution in [2.24, 2.45) is 0 Å². The minimum atomic E-state index is -0.864. The van der Waals surface area contributed by atoms with E-state index in [4.69, 9.17) is 9.47 Å². The van der Waals surface area contributed by atoms with Crippen molar-refractivity contribution < 1.29 is 24.2 Å². The van der Waals surface area contributed by atoms with Crippen LogP contribution in [-0.2, 0) is 14.4 Å². The zero-order valence-corrected chi connectivity index (χ0v) is 14.0. The van der Waals surface area contributed by atoms with Crippen molar-refractivity contribution in [3.8, 4) is 5.75 Å². The molecule has 0 aromatic heterocycles. The van der Waals surface area contributed by atoms with E-state index in [1.807, 2.05) is 36.4 Å². The van der Waals surface area contributed by atoms with Crippen LogP contribution in [0.5, 0.6) is 5.75 Å². The van der Waals surface area contributed by atoms with Gasteiger partial charge >= 0.3 is 5.97 Å². The van der Waals surface area contributed by atoms with Gasteiger partial charge in [-0.25, -0.2) is 0 Å². The standard InChI is InChI=1S/C18H19NO6/c1-13(18(20)24-9-3-4-10-25-19(21)22)14-5-6-16-12-17(23-2)8-7-15(16)11-14/h3,5-9,11-13H,4,10H2,1-2H3/b9-3+/t13-/m0/s1. The number of hydrogen-bond acceptors (Lipinski definition) is 6. The molecule has 0 amide bonds. The summed E-state index contributed by atoms with van der Waals surface area (Å²) >= 11 is 0. The topological polar surface area (TPSA) is 87.9 Å². The minimum Gasteiger partial charge on any atom is -0.497 e. The molecule has 0 aliphatic carbocycles. The third-order valence-electron chi connectivity index (χ3n) is 3.69. The van der Waals surface area contributed by atoms with Crippen molar-refractivity contribution in [3.05, 3.63) is 64.4 Å². The van der Waals surface area contributed by atoms with Crippen molar-refractivity contribution in [3.63, 3.8) is 0 Å². The number of hydrogen-bond donors (Lipinski definition) is 0. The lowest BCUT2D eigenvalue weighted by Gasteiger charge is -2.11. The van der Waals surface area contributed by atoms with Crippen LogP contribution in [0.15, 0.2) is 48.7 Å². The first kappa shape index (κ1) is 18.3. The van der Waals surface area contributed by atoms with E-state index < -0.39 is 17.0 Å². The van der Waals surface area contributed by atoms with E-state index in [1.165, 1.54) is 12.3 Å². The van der Waals surface area contributed by atoms with Crippen LogP contribution < -0.4 is 4.74 Å². The van der Waals surface area contributed by atoms with Crippen LogP contribution in [0.4, 0.5) is 0 Å². The predicted molar refractivity (Wildman–Crippen MR) is 91.7 cm³/mol. The molecule has 0 aliphatic heterocycles. The number of esters is 1. The SMILES string of the molecule is COc1ccc2cc([C@H](C)C(=O)O/C=C/CCO[N+](=O)[O-])ccc2c1. The molecule has 0 fully saturated rings. The van der Waals surface area contributed by atoms with E-state index >= 15 is 0 Å². The molecule has 2 aromatic rings. The summed E-state index contributed by atoms with van der Waals surface area (Å²) in [5.41, 5.74) is 0.841. The van der Waals surface area contributed by atoms with E-state index in [2.05, 4.69) is 4.84 Å². The lowest BCUT2D eigenvalue weighted by molar-refractivity contribution is -0.757. The summed E-state index contributed by atoms with van der Waals surface area (Å²) in [5, 5.41) is 11.1. The Labute approximate surface area is 144 Å². The van der Waals surface area contributed by atoms with Crippen molar-refractivity contribution >= 4 is 16.7 Å². The third-order valence-corrected chi connectivity index (χ3v) is 3.69. The van der Waals surface area contributed by atoms with Gasteiger partial charge in [0, 0.05) is 0 Å². The highest BCUT2D eigenvalue weighted by atomic mass is 16.9. The average Bonchev–Trinajstić information content (AvgIpc) is 2.62. The number of rotatable bonds is 8. The second kappa shape index (κ2) is 8.68. The highest BCUT2D eigenvalue weighted by Crippen LogP contribution is 2.25. The Kier molecular flexibility index (Phi) is 6.33. The molecular weight excluding hydrogens is 326 g/mol. The van der Waals surface area contributed by atoms with Gasteiger partial charge in [-0.1, -0.05) is 24.3 Å². The largest absolute Gasteiger partial charge is 0.497 e. The number of fused-ring (bicyclic) bond motifs is 1. The number of carbonyl (C=O) groups is 1. The van der Waals surface area contributed by atoms with Crippen molar-refractivity contribution in [2.45, 2.75) is 19.3 Å². The lowest BCUT2D eigenvalue weighted by atomic mass is 9.98. The maximum absolute atomic E-state index is 12.1. The van der Waals surface area contributed by atoms with Crippen LogP contribution in [0.25, 0.3) is 10.8 Å². The highest BCUT2D eigenvalue weighted by Gasteiger charge is 2.16. The molecule has 0 spiro atoms. The molecule has 0 bridgehead atoms. The Hall–Kier alpha value is -3.09. The molecule has 0 radical (unpaired) electrons. The second-order valence-electron chi connectivity index (χ2n) is 5.35. The second-order valence-corrected chi connectivity index (χ2v) is 5.35. The fraction of sp³-hybridized carbons (Fsp3) is 0.278. The lowest BCUT2D eigenvalue weighted by Crippen LogP contribution is -2.10.